The number of hydrogen-bond acceptors (Lipinski definition) is 5. The Morgan fingerprint density at radius 1 is 1.20 bits per heavy atom. The first-order valence-corrected chi connectivity index (χ1v) is 10.5. The molecular formula is C22H28N6O2. The first-order chi connectivity index (χ1) is 14.4. The van der Waals surface area contributed by atoms with E-state index in [2.05, 4.69) is 20.3 Å². The quantitative estimate of drug-likeness (QED) is 0.677. The summed E-state index contributed by atoms with van der Waals surface area (Å²) in [5.41, 5.74) is 2.24. The third-order valence-corrected chi connectivity index (χ3v) is 5.42. The standard InChI is InChI=1S/C22H28N6O2/c1-15(2)28-19(14-16(3)25-28)24-20(29)10-13-27-18-9-5-4-8-17(18)23-21(22(27)30)26-11-6-7-12-26/h4-5,8-9,14-15H,6-7,10-13H2,1-3H3,(H,24,29). The molecule has 0 bridgehead atoms. The first kappa shape index (κ1) is 20.1. The largest absolute Gasteiger partial charge is 0.352 e. The maximum absolute atomic E-state index is 13.2. The lowest BCUT2D eigenvalue weighted by Gasteiger charge is -2.19. The van der Waals surface area contributed by atoms with E-state index in [1.54, 1.807) is 9.25 Å². The number of carbonyl (C=O) groups is 1. The van der Waals surface area contributed by atoms with Crippen molar-refractivity contribution in [2.45, 2.75) is 52.6 Å². The van der Waals surface area contributed by atoms with Gasteiger partial charge in [-0.1, -0.05) is 12.1 Å². The predicted octanol–water partition coefficient (Wildman–Crippen LogP) is 3.11. The fraction of sp³-hybridized carbons (Fsp3) is 0.455. The van der Waals surface area contributed by atoms with E-state index in [0.717, 1.165) is 42.7 Å². The molecule has 158 valence electrons. The van der Waals surface area contributed by atoms with Crippen LogP contribution in [0, 0.1) is 6.92 Å². The molecule has 1 aliphatic heterocycles. The first-order valence-electron chi connectivity index (χ1n) is 10.5. The molecule has 1 amide bonds. The van der Waals surface area contributed by atoms with Gasteiger partial charge in [-0.25, -0.2) is 9.67 Å². The highest BCUT2D eigenvalue weighted by Crippen LogP contribution is 2.19. The number of hydrogen-bond donors (Lipinski definition) is 1. The molecule has 8 nitrogen and oxygen atoms in total. The number of aromatic nitrogens is 4. The Balaban J connectivity index is 1.58. The summed E-state index contributed by atoms with van der Waals surface area (Å²) in [6.07, 6.45) is 2.33. The molecule has 0 atom stereocenters. The Hall–Kier alpha value is -3.16. The lowest BCUT2D eigenvalue weighted by Crippen LogP contribution is -2.32. The van der Waals surface area contributed by atoms with Crippen LogP contribution in [0.15, 0.2) is 35.1 Å². The summed E-state index contributed by atoms with van der Waals surface area (Å²) < 4.78 is 3.48. The van der Waals surface area contributed by atoms with Gasteiger partial charge in [0.25, 0.3) is 5.56 Å². The summed E-state index contributed by atoms with van der Waals surface area (Å²) in [5, 5.41) is 7.37. The summed E-state index contributed by atoms with van der Waals surface area (Å²) in [6.45, 7) is 7.93. The van der Waals surface area contributed by atoms with Gasteiger partial charge in [0.15, 0.2) is 5.82 Å². The Kier molecular flexibility index (Phi) is 5.57. The Morgan fingerprint density at radius 2 is 1.93 bits per heavy atom. The van der Waals surface area contributed by atoms with Crippen molar-refractivity contribution in [2.24, 2.45) is 0 Å². The van der Waals surface area contributed by atoms with Crippen LogP contribution in [-0.4, -0.2) is 38.3 Å². The zero-order valence-electron chi connectivity index (χ0n) is 17.8. The second-order valence-electron chi connectivity index (χ2n) is 8.08. The van der Waals surface area contributed by atoms with Crippen LogP contribution in [0.3, 0.4) is 0 Å². The maximum Gasteiger partial charge on any atom is 0.294 e. The molecule has 0 aliphatic carbocycles. The number of aryl methyl sites for hydroxylation is 2. The number of rotatable bonds is 6. The van der Waals surface area contributed by atoms with E-state index < -0.39 is 0 Å². The summed E-state index contributed by atoms with van der Waals surface area (Å²) in [5.74, 6) is 1.02. The molecule has 1 saturated heterocycles. The molecule has 4 rings (SSSR count). The van der Waals surface area contributed by atoms with Crippen molar-refractivity contribution in [3.63, 3.8) is 0 Å². The molecule has 2 aromatic heterocycles. The van der Waals surface area contributed by atoms with E-state index >= 15 is 0 Å². The molecule has 1 fully saturated rings. The van der Waals surface area contributed by atoms with Gasteiger partial charge < -0.3 is 14.8 Å². The molecule has 8 heteroatoms. The van der Waals surface area contributed by atoms with E-state index in [4.69, 9.17) is 0 Å². The highest BCUT2D eigenvalue weighted by Gasteiger charge is 2.20. The number of fused-ring (bicyclic) bond motifs is 1. The molecule has 1 aromatic carbocycles. The minimum atomic E-state index is -0.146. The molecule has 1 aliphatic rings. The Morgan fingerprint density at radius 3 is 2.67 bits per heavy atom. The van der Waals surface area contributed by atoms with Crippen LogP contribution >= 0.6 is 0 Å². The fourth-order valence-electron chi connectivity index (χ4n) is 3.96. The average molecular weight is 409 g/mol. The third-order valence-electron chi connectivity index (χ3n) is 5.42. The van der Waals surface area contributed by atoms with Crippen molar-refractivity contribution in [2.75, 3.05) is 23.3 Å². The monoisotopic (exact) mass is 408 g/mol. The van der Waals surface area contributed by atoms with Crippen LogP contribution in [0.1, 0.15) is 44.8 Å². The lowest BCUT2D eigenvalue weighted by molar-refractivity contribution is -0.116. The Labute approximate surface area is 175 Å². The third kappa shape index (κ3) is 3.94. The number of carbonyl (C=O) groups excluding carboxylic acids is 1. The number of nitrogens with zero attached hydrogens (tertiary/aromatic N) is 5. The van der Waals surface area contributed by atoms with Gasteiger partial charge in [-0.05, 0) is 45.7 Å². The van der Waals surface area contributed by atoms with Gasteiger partial charge in [-0.3, -0.25) is 9.59 Å². The second kappa shape index (κ2) is 8.30. The molecule has 30 heavy (non-hydrogen) atoms. The SMILES string of the molecule is Cc1cc(NC(=O)CCn2c(=O)c(N3CCCC3)nc3ccccc32)n(C(C)C)n1. The highest BCUT2D eigenvalue weighted by atomic mass is 16.2. The smallest absolute Gasteiger partial charge is 0.294 e. The van der Waals surface area contributed by atoms with E-state index in [-0.39, 0.29) is 23.9 Å². The molecule has 1 N–H and O–H groups in total. The van der Waals surface area contributed by atoms with Gasteiger partial charge in [-0.2, -0.15) is 5.10 Å². The number of anilines is 2. The normalized spacial score (nSPS) is 14.1. The Bertz CT molecular complexity index is 1120. The van der Waals surface area contributed by atoms with Gasteiger partial charge in [0, 0.05) is 38.2 Å². The molecule has 3 aromatic rings. The van der Waals surface area contributed by atoms with E-state index in [1.807, 2.05) is 51.1 Å². The van der Waals surface area contributed by atoms with Gasteiger partial charge >= 0.3 is 0 Å². The summed E-state index contributed by atoms with van der Waals surface area (Å²) in [6, 6.07) is 9.60. The van der Waals surface area contributed by atoms with Crippen molar-refractivity contribution in [1.29, 1.82) is 0 Å². The zero-order valence-corrected chi connectivity index (χ0v) is 17.8. The van der Waals surface area contributed by atoms with Crippen LogP contribution in [0.4, 0.5) is 11.6 Å². The second-order valence-corrected chi connectivity index (χ2v) is 8.08. The minimum absolute atomic E-state index is 0.133. The van der Waals surface area contributed by atoms with E-state index in [0.29, 0.717) is 18.2 Å². The van der Waals surface area contributed by atoms with Gasteiger partial charge in [0.2, 0.25) is 5.91 Å². The van der Waals surface area contributed by atoms with Crippen molar-refractivity contribution < 1.29 is 4.79 Å². The summed E-state index contributed by atoms with van der Waals surface area (Å²) in [4.78, 5) is 32.5. The van der Waals surface area contributed by atoms with Crippen molar-refractivity contribution >= 4 is 28.6 Å². The van der Waals surface area contributed by atoms with Crippen molar-refractivity contribution in [3.8, 4) is 0 Å². The average Bonchev–Trinajstić information content (AvgIpc) is 3.36. The maximum atomic E-state index is 13.2. The van der Waals surface area contributed by atoms with Crippen molar-refractivity contribution in [3.05, 3.63) is 46.4 Å². The van der Waals surface area contributed by atoms with Gasteiger partial charge in [-0.15, -0.1) is 0 Å². The number of para-hydroxylation sites is 2. The van der Waals surface area contributed by atoms with E-state index in [9.17, 15) is 9.59 Å². The van der Waals surface area contributed by atoms with Crippen LogP contribution in [0.5, 0.6) is 0 Å². The number of benzene rings is 1. The predicted molar refractivity (Wildman–Crippen MR) is 118 cm³/mol. The molecular weight excluding hydrogens is 380 g/mol. The fourth-order valence-corrected chi connectivity index (χ4v) is 3.96. The lowest BCUT2D eigenvalue weighted by atomic mass is 10.2. The van der Waals surface area contributed by atoms with Crippen LogP contribution in [0.2, 0.25) is 0 Å². The molecule has 0 unspecified atom stereocenters. The minimum Gasteiger partial charge on any atom is -0.352 e. The molecule has 0 radical (unpaired) electrons. The van der Waals surface area contributed by atoms with Gasteiger partial charge in [0.05, 0.1) is 16.7 Å². The highest BCUT2D eigenvalue weighted by molar-refractivity contribution is 5.90. The van der Waals surface area contributed by atoms with Crippen LogP contribution < -0.4 is 15.8 Å². The molecule has 3 heterocycles. The topological polar surface area (TPSA) is 85.0 Å². The molecule has 0 saturated carbocycles. The van der Waals surface area contributed by atoms with Crippen LogP contribution in [0.25, 0.3) is 11.0 Å². The summed E-state index contributed by atoms with van der Waals surface area (Å²) >= 11 is 0. The van der Waals surface area contributed by atoms with Crippen molar-refractivity contribution in [1.82, 2.24) is 19.3 Å². The van der Waals surface area contributed by atoms with Gasteiger partial charge in [0.1, 0.15) is 5.82 Å². The number of nitrogens with one attached hydrogen (secondary N) is 1. The number of amides is 1. The van der Waals surface area contributed by atoms with Crippen LogP contribution in [-0.2, 0) is 11.3 Å². The van der Waals surface area contributed by atoms with E-state index in [1.165, 1.54) is 0 Å². The zero-order chi connectivity index (χ0) is 21.3. The molecule has 0 spiro atoms. The summed E-state index contributed by atoms with van der Waals surface area (Å²) in [7, 11) is 0.